The lowest BCUT2D eigenvalue weighted by Crippen LogP contribution is -1.97. The third-order valence-electron chi connectivity index (χ3n) is 2.54. The summed E-state index contributed by atoms with van der Waals surface area (Å²) in [4.78, 5) is 27.6. The maximum Gasteiger partial charge on any atom is 0.240 e. The number of hydrogen-bond donors (Lipinski definition) is 0. The normalized spacial score (nSPS) is 9.32. The van der Waals surface area contributed by atoms with Crippen molar-refractivity contribution >= 4 is 23.5 Å². The zero-order valence-electron chi connectivity index (χ0n) is 10.9. The van der Waals surface area contributed by atoms with Crippen molar-refractivity contribution in [1.29, 1.82) is 0 Å². The van der Waals surface area contributed by atoms with Crippen LogP contribution in [-0.2, 0) is 9.59 Å². The van der Waals surface area contributed by atoms with Gasteiger partial charge in [0.1, 0.15) is 11.4 Å². The van der Waals surface area contributed by atoms with Gasteiger partial charge in [0.15, 0.2) is 0 Å². The van der Waals surface area contributed by atoms with Gasteiger partial charge in [0.25, 0.3) is 0 Å². The predicted octanol–water partition coefficient (Wildman–Crippen LogP) is 3.58. The van der Waals surface area contributed by atoms with E-state index in [1.54, 1.807) is 18.2 Å². The SMILES string of the molecule is CCCCCCOc1cc(N=C=O)ccc1N=C=O. The van der Waals surface area contributed by atoms with Crippen LogP contribution in [0.3, 0.4) is 0 Å². The monoisotopic (exact) mass is 260 g/mol. The van der Waals surface area contributed by atoms with Gasteiger partial charge in [-0.3, -0.25) is 0 Å². The molecule has 0 aliphatic rings. The molecule has 100 valence electrons. The van der Waals surface area contributed by atoms with Gasteiger partial charge in [-0.25, -0.2) is 9.59 Å². The number of aliphatic imine (C=N–C) groups is 2. The van der Waals surface area contributed by atoms with Crippen LogP contribution in [-0.4, -0.2) is 18.8 Å². The third-order valence-corrected chi connectivity index (χ3v) is 2.54. The zero-order valence-corrected chi connectivity index (χ0v) is 10.9. The highest BCUT2D eigenvalue weighted by molar-refractivity contribution is 5.63. The molecule has 0 aliphatic carbocycles. The van der Waals surface area contributed by atoms with Gasteiger partial charge in [0.05, 0.1) is 12.3 Å². The van der Waals surface area contributed by atoms with Gasteiger partial charge in [-0.15, -0.1) is 0 Å². The van der Waals surface area contributed by atoms with E-state index in [2.05, 4.69) is 16.9 Å². The summed E-state index contributed by atoms with van der Waals surface area (Å²) in [6, 6.07) is 4.67. The first-order valence-electron chi connectivity index (χ1n) is 6.24. The van der Waals surface area contributed by atoms with E-state index in [0.717, 1.165) is 25.7 Å². The summed E-state index contributed by atoms with van der Waals surface area (Å²) in [5.41, 5.74) is 0.804. The van der Waals surface area contributed by atoms with Crippen molar-refractivity contribution in [2.24, 2.45) is 9.98 Å². The number of hydrogen-bond acceptors (Lipinski definition) is 5. The first-order chi connectivity index (χ1) is 9.31. The van der Waals surface area contributed by atoms with Gasteiger partial charge in [-0.1, -0.05) is 26.2 Å². The highest BCUT2D eigenvalue weighted by atomic mass is 16.5. The Balaban J connectivity index is 2.73. The fraction of sp³-hybridized carbons (Fsp3) is 0.429. The molecule has 0 spiro atoms. The van der Waals surface area contributed by atoms with Crippen LogP contribution >= 0.6 is 0 Å². The molecule has 0 fully saturated rings. The van der Waals surface area contributed by atoms with Crippen molar-refractivity contribution in [2.75, 3.05) is 6.61 Å². The van der Waals surface area contributed by atoms with Crippen LogP contribution < -0.4 is 4.74 Å². The molecule has 0 aromatic heterocycles. The highest BCUT2D eigenvalue weighted by Crippen LogP contribution is 2.31. The van der Waals surface area contributed by atoms with Crippen LogP contribution in [0.4, 0.5) is 11.4 Å². The third kappa shape index (κ3) is 5.30. The van der Waals surface area contributed by atoms with E-state index in [0.29, 0.717) is 23.7 Å². The number of unbranched alkanes of at least 4 members (excludes halogenated alkanes) is 3. The number of isocyanates is 2. The van der Waals surface area contributed by atoms with Crippen molar-refractivity contribution < 1.29 is 14.3 Å². The van der Waals surface area contributed by atoms with Gasteiger partial charge in [0.2, 0.25) is 12.2 Å². The maximum absolute atomic E-state index is 10.3. The highest BCUT2D eigenvalue weighted by Gasteiger charge is 2.04. The van der Waals surface area contributed by atoms with E-state index < -0.39 is 0 Å². The molecular weight excluding hydrogens is 244 g/mol. The summed E-state index contributed by atoms with van der Waals surface area (Å²) in [5.74, 6) is 0.427. The summed E-state index contributed by atoms with van der Waals surface area (Å²) in [6.45, 7) is 2.67. The van der Waals surface area contributed by atoms with Crippen molar-refractivity contribution in [3.8, 4) is 5.75 Å². The number of ether oxygens (including phenoxy) is 1. The van der Waals surface area contributed by atoms with Crippen LogP contribution in [0, 0.1) is 0 Å². The van der Waals surface area contributed by atoms with E-state index in [1.807, 2.05) is 0 Å². The van der Waals surface area contributed by atoms with Gasteiger partial charge in [-0.05, 0) is 18.6 Å². The molecule has 0 saturated carbocycles. The van der Waals surface area contributed by atoms with Gasteiger partial charge in [-0.2, -0.15) is 9.98 Å². The van der Waals surface area contributed by atoms with Crippen molar-refractivity contribution in [2.45, 2.75) is 32.6 Å². The average molecular weight is 260 g/mol. The van der Waals surface area contributed by atoms with E-state index in [1.165, 1.54) is 12.2 Å². The minimum atomic E-state index is 0.385. The van der Waals surface area contributed by atoms with Crippen molar-refractivity contribution in [1.82, 2.24) is 0 Å². The predicted molar refractivity (Wildman–Crippen MR) is 71.6 cm³/mol. The van der Waals surface area contributed by atoms with E-state index in [9.17, 15) is 9.59 Å². The summed E-state index contributed by atoms with van der Waals surface area (Å²) in [7, 11) is 0. The average Bonchev–Trinajstić information content (AvgIpc) is 2.42. The molecule has 0 unspecified atom stereocenters. The molecular formula is C14H16N2O3. The molecule has 1 aromatic rings. The van der Waals surface area contributed by atoms with E-state index >= 15 is 0 Å². The Morgan fingerprint density at radius 1 is 1.11 bits per heavy atom. The molecule has 1 aromatic carbocycles. The number of nitrogens with zero attached hydrogens (tertiary/aromatic N) is 2. The largest absolute Gasteiger partial charge is 0.491 e. The topological polar surface area (TPSA) is 68.1 Å². The quantitative estimate of drug-likeness (QED) is 0.407. The van der Waals surface area contributed by atoms with Crippen molar-refractivity contribution in [3.05, 3.63) is 18.2 Å². The Morgan fingerprint density at radius 2 is 1.89 bits per heavy atom. The minimum absolute atomic E-state index is 0.385. The smallest absolute Gasteiger partial charge is 0.240 e. The molecule has 1 rings (SSSR count). The first kappa shape index (κ1) is 14.8. The van der Waals surface area contributed by atoms with Gasteiger partial charge >= 0.3 is 0 Å². The second-order valence-corrected chi connectivity index (χ2v) is 3.97. The Bertz CT molecular complexity index is 501. The minimum Gasteiger partial charge on any atom is -0.491 e. The van der Waals surface area contributed by atoms with Crippen LogP contribution in [0.2, 0.25) is 0 Å². The lowest BCUT2D eigenvalue weighted by atomic mass is 10.2. The second kappa shape index (κ2) is 8.81. The van der Waals surface area contributed by atoms with Gasteiger partial charge in [0, 0.05) is 6.07 Å². The molecule has 0 atom stereocenters. The Labute approximate surface area is 112 Å². The van der Waals surface area contributed by atoms with E-state index in [4.69, 9.17) is 4.74 Å². The summed E-state index contributed by atoms with van der Waals surface area (Å²) >= 11 is 0. The Hall–Kier alpha value is -2.22. The summed E-state index contributed by atoms with van der Waals surface area (Å²) < 4.78 is 5.56. The lowest BCUT2D eigenvalue weighted by molar-refractivity contribution is 0.306. The molecule has 0 heterocycles. The molecule has 0 radical (unpaired) electrons. The molecule has 0 bridgehead atoms. The van der Waals surface area contributed by atoms with Crippen molar-refractivity contribution in [3.63, 3.8) is 0 Å². The Kier molecular flexibility index (Phi) is 6.88. The number of carbonyl (C=O) groups excluding carboxylic acids is 2. The van der Waals surface area contributed by atoms with Crippen LogP contribution in [0.1, 0.15) is 32.6 Å². The molecule has 0 amide bonds. The fourth-order valence-corrected chi connectivity index (χ4v) is 1.59. The van der Waals surface area contributed by atoms with Crippen LogP contribution in [0.15, 0.2) is 28.2 Å². The fourth-order valence-electron chi connectivity index (χ4n) is 1.59. The van der Waals surface area contributed by atoms with E-state index in [-0.39, 0.29) is 0 Å². The maximum atomic E-state index is 10.3. The molecule has 0 aliphatic heterocycles. The van der Waals surface area contributed by atoms with Crippen LogP contribution in [0.5, 0.6) is 5.75 Å². The molecule has 0 N–H and O–H groups in total. The number of benzene rings is 1. The van der Waals surface area contributed by atoms with Gasteiger partial charge < -0.3 is 4.74 Å². The molecule has 0 saturated heterocycles. The first-order valence-corrected chi connectivity index (χ1v) is 6.24. The number of rotatable bonds is 8. The van der Waals surface area contributed by atoms with Crippen LogP contribution in [0.25, 0.3) is 0 Å². The zero-order chi connectivity index (χ0) is 13.9. The Morgan fingerprint density at radius 3 is 2.58 bits per heavy atom. The second-order valence-electron chi connectivity index (χ2n) is 3.97. The lowest BCUT2D eigenvalue weighted by Gasteiger charge is -2.08. The molecule has 5 heteroatoms. The summed E-state index contributed by atoms with van der Waals surface area (Å²) in [6.07, 6.45) is 7.28. The molecule has 19 heavy (non-hydrogen) atoms. The summed E-state index contributed by atoms with van der Waals surface area (Å²) in [5, 5.41) is 0. The standard InChI is InChI=1S/C14H16N2O3/c1-2-3-4-5-8-19-14-9-12(15-10-17)6-7-13(14)16-11-18/h6-7,9H,2-5,8H2,1H3. The molecule has 5 nitrogen and oxygen atoms in total.